The molecule has 1 aliphatic rings. The highest BCUT2D eigenvalue weighted by Gasteiger charge is 2.23. The van der Waals surface area contributed by atoms with E-state index in [1.807, 2.05) is 31.5 Å². The molecule has 142 valence electrons. The van der Waals surface area contributed by atoms with E-state index in [1.54, 1.807) is 4.52 Å². The fourth-order valence-corrected chi connectivity index (χ4v) is 3.86. The summed E-state index contributed by atoms with van der Waals surface area (Å²) in [5.74, 6) is 1.98. The summed E-state index contributed by atoms with van der Waals surface area (Å²) < 4.78 is 1.72. The zero-order valence-corrected chi connectivity index (χ0v) is 16.1. The summed E-state index contributed by atoms with van der Waals surface area (Å²) in [6, 6.07) is 3.96. The van der Waals surface area contributed by atoms with E-state index in [1.165, 1.54) is 5.56 Å². The van der Waals surface area contributed by atoms with Crippen LogP contribution in [0.25, 0.3) is 5.65 Å². The number of rotatable bonds is 5. The topological polar surface area (TPSA) is 85.2 Å². The molecule has 0 unspecified atom stereocenters. The molecule has 3 aromatic heterocycles. The van der Waals surface area contributed by atoms with Gasteiger partial charge in [0.2, 0.25) is 0 Å². The molecule has 3 aromatic rings. The summed E-state index contributed by atoms with van der Waals surface area (Å²) >= 11 is 0. The van der Waals surface area contributed by atoms with E-state index in [0.717, 1.165) is 68.2 Å². The Balaban J connectivity index is 1.47. The Morgan fingerprint density at radius 3 is 2.81 bits per heavy atom. The molecule has 0 radical (unpaired) electrons. The van der Waals surface area contributed by atoms with Crippen LogP contribution < -0.4 is 5.73 Å². The van der Waals surface area contributed by atoms with Gasteiger partial charge in [-0.25, -0.2) is 15.0 Å². The molecule has 0 bridgehead atoms. The van der Waals surface area contributed by atoms with Crippen LogP contribution in [-0.2, 0) is 13.0 Å². The van der Waals surface area contributed by atoms with E-state index in [-0.39, 0.29) is 0 Å². The highest BCUT2D eigenvalue weighted by Crippen LogP contribution is 2.28. The number of aromatic nitrogens is 5. The van der Waals surface area contributed by atoms with Crippen LogP contribution in [0.5, 0.6) is 0 Å². The van der Waals surface area contributed by atoms with Gasteiger partial charge in [-0.2, -0.15) is 9.61 Å². The number of nitrogen functional groups attached to an aromatic ring is 1. The zero-order chi connectivity index (χ0) is 18.8. The van der Waals surface area contributed by atoms with Gasteiger partial charge in [-0.3, -0.25) is 4.90 Å². The molecule has 0 aliphatic carbocycles. The third-order valence-electron chi connectivity index (χ3n) is 5.16. The lowest BCUT2D eigenvalue weighted by Gasteiger charge is -2.32. The van der Waals surface area contributed by atoms with Gasteiger partial charge in [-0.15, -0.1) is 0 Å². The average molecular weight is 365 g/mol. The van der Waals surface area contributed by atoms with E-state index in [4.69, 9.17) is 10.7 Å². The maximum Gasteiger partial charge on any atom is 0.157 e. The maximum atomic E-state index is 6.20. The molecule has 0 aromatic carbocycles. The van der Waals surface area contributed by atoms with Crippen LogP contribution in [0.15, 0.2) is 24.5 Å². The van der Waals surface area contributed by atoms with Crippen LogP contribution in [0, 0.1) is 6.92 Å². The van der Waals surface area contributed by atoms with Gasteiger partial charge in [0, 0.05) is 55.5 Å². The highest BCUT2D eigenvalue weighted by molar-refractivity contribution is 5.48. The monoisotopic (exact) mass is 365 g/mol. The Labute approximate surface area is 159 Å². The second kappa shape index (κ2) is 7.60. The standard InChI is InChI=1S/C20H27N7/c1-3-5-19-22-10-15(11-23-19)12-26-7-4-6-16(13-26)17-9-18(21)27-20(24-17)8-14(2)25-27/h8-11,16H,3-7,12-13,21H2,1-2H3/t16-/m0/s1. The van der Waals surface area contributed by atoms with Crippen LogP contribution in [-0.4, -0.2) is 42.6 Å². The minimum Gasteiger partial charge on any atom is -0.384 e. The largest absolute Gasteiger partial charge is 0.384 e. The van der Waals surface area contributed by atoms with Gasteiger partial charge in [0.05, 0.1) is 11.4 Å². The predicted octanol–water partition coefficient (Wildman–Crippen LogP) is 2.74. The Morgan fingerprint density at radius 2 is 2.04 bits per heavy atom. The first-order valence-corrected chi connectivity index (χ1v) is 9.77. The molecule has 7 heteroatoms. The third-order valence-corrected chi connectivity index (χ3v) is 5.16. The van der Waals surface area contributed by atoms with Crippen molar-refractivity contribution in [2.75, 3.05) is 18.8 Å². The molecule has 1 atom stereocenters. The van der Waals surface area contributed by atoms with Gasteiger partial charge in [-0.05, 0) is 32.7 Å². The van der Waals surface area contributed by atoms with Gasteiger partial charge in [0.25, 0.3) is 0 Å². The lowest BCUT2D eigenvalue weighted by molar-refractivity contribution is 0.198. The first kappa shape index (κ1) is 17.9. The highest BCUT2D eigenvalue weighted by atomic mass is 15.3. The number of fused-ring (bicyclic) bond motifs is 1. The second-order valence-corrected chi connectivity index (χ2v) is 7.49. The van der Waals surface area contributed by atoms with Crippen molar-refractivity contribution in [1.82, 2.24) is 29.5 Å². The Hall–Kier alpha value is -2.54. The van der Waals surface area contributed by atoms with E-state index in [0.29, 0.717) is 11.7 Å². The Bertz CT molecular complexity index is 916. The molecule has 27 heavy (non-hydrogen) atoms. The fraction of sp³-hybridized carbons (Fsp3) is 0.500. The molecular weight excluding hydrogens is 338 g/mol. The third kappa shape index (κ3) is 3.93. The number of likely N-dealkylation sites (tertiary alicyclic amines) is 1. The van der Waals surface area contributed by atoms with Gasteiger partial charge in [-0.1, -0.05) is 6.92 Å². The molecule has 1 saturated heterocycles. The van der Waals surface area contributed by atoms with Gasteiger partial charge in [0.15, 0.2) is 5.65 Å². The number of nitrogens with two attached hydrogens (primary N) is 1. The molecule has 2 N–H and O–H groups in total. The maximum absolute atomic E-state index is 6.20. The molecule has 7 nitrogen and oxygen atoms in total. The zero-order valence-electron chi connectivity index (χ0n) is 16.1. The molecule has 4 heterocycles. The minimum absolute atomic E-state index is 0.390. The van der Waals surface area contributed by atoms with Crippen molar-refractivity contribution < 1.29 is 0 Å². The molecular formula is C20H27N7. The number of hydrogen-bond donors (Lipinski definition) is 1. The van der Waals surface area contributed by atoms with E-state index >= 15 is 0 Å². The number of anilines is 1. The molecule has 4 rings (SSSR count). The van der Waals surface area contributed by atoms with Crippen LogP contribution in [0.2, 0.25) is 0 Å². The predicted molar refractivity (Wildman–Crippen MR) is 105 cm³/mol. The van der Waals surface area contributed by atoms with Gasteiger partial charge in [0.1, 0.15) is 11.6 Å². The Kier molecular flexibility index (Phi) is 5.03. The van der Waals surface area contributed by atoms with Crippen molar-refractivity contribution in [1.29, 1.82) is 0 Å². The van der Waals surface area contributed by atoms with Gasteiger partial charge < -0.3 is 5.73 Å². The summed E-state index contributed by atoms with van der Waals surface area (Å²) in [5, 5.41) is 4.39. The van der Waals surface area contributed by atoms with Crippen molar-refractivity contribution in [2.24, 2.45) is 0 Å². The number of hydrogen-bond acceptors (Lipinski definition) is 6. The summed E-state index contributed by atoms with van der Waals surface area (Å²) in [6.07, 6.45) is 8.25. The summed E-state index contributed by atoms with van der Waals surface area (Å²) in [4.78, 5) is 16.3. The lowest BCUT2D eigenvalue weighted by Crippen LogP contribution is -2.34. The summed E-state index contributed by atoms with van der Waals surface area (Å²) in [5.41, 5.74) is 10.2. The summed E-state index contributed by atoms with van der Waals surface area (Å²) in [6.45, 7) is 7.06. The summed E-state index contributed by atoms with van der Waals surface area (Å²) in [7, 11) is 0. The second-order valence-electron chi connectivity index (χ2n) is 7.49. The number of aryl methyl sites for hydroxylation is 2. The normalized spacial score (nSPS) is 18.2. The van der Waals surface area contributed by atoms with E-state index in [2.05, 4.69) is 26.9 Å². The number of piperidine rings is 1. The van der Waals surface area contributed by atoms with Crippen molar-refractivity contribution in [3.8, 4) is 0 Å². The van der Waals surface area contributed by atoms with Crippen molar-refractivity contribution in [2.45, 2.75) is 52.0 Å². The van der Waals surface area contributed by atoms with E-state index < -0.39 is 0 Å². The average Bonchev–Trinajstić information content (AvgIpc) is 3.05. The molecule has 0 amide bonds. The molecule has 1 aliphatic heterocycles. The van der Waals surface area contributed by atoms with Crippen LogP contribution in [0.1, 0.15) is 54.9 Å². The molecule has 1 fully saturated rings. The van der Waals surface area contributed by atoms with Crippen molar-refractivity contribution >= 4 is 11.5 Å². The Morgan fingerprint density at radius 1 is 1.22 bits per heavy atom. The van der Waals surface area contributed by atoms with E-state index in [9.17, 15) is 0 Å². The van der Waals surface area contributed by atoms with Crippen LogP contribution >= 0.6 is 0 Å². The SMILES string of the molecule is CCCc1ncc(CN2CCC[C@H](c3cc(N)n4nc(C)cc4n3)C2)cn1. The minimum atomic E-state index is 0.390. The van der Waals surface area contributed by atoms with Crippen molar-refractivity contribution in [3.63, 3.8) is 0 Å². The van der Waals surface area contributed by atoms with Crippen LogP contribution in [0.4, 0.5) is 5.82 Å². The fourth-order valence-electron chi connectivity index (χ4n) is 3.86. The smallest absolute Gasteiger partial charge is 0.157 e. The van der Waals surface area contributed by atoms with Crippen LogP contribution in [0.3, 0.4) is 0 Å². The first-order chi connectivity index (χ1) is 13.1. The van der Waals surface area contributed by atoms with Gasteiger partial charge >= 0.3 is 0 Å². The quantitative estimate of drug-likeness (QED) is 0.748. The molecule has 0 spiro atoms. The first-order valence-electron chi connectivity index (χ1n) is 9.77. The lowest BCUT2D eigenvalue weighted by atomic mass is 9.94. The molecule has 0 saturated carbocycles. The van der Waals surface area contributed by atoms with Crippen molar-refractivity contribution in [3.05, 3.63) is 47.3 Å². The number of nitrogens with zero attached hydrogens (tertiary/aromatic N) is 6.